The van der Waals surface area contributed by atoms with Gasteiger partial charge >= 0.3 is 0 Å². The largest absolute Gasteiger partial charge is 0.388 e. The quantitative estimate of drug-likeness (QED) is 0.795. The second-order valence-electron chi connectivity index (χ2n) is 5.66. The summed E-state index contributed by atoms with van der Waals surface area (Å²) in [6.45, 7) is 0.282. The molecule has 0 atom stereocenters. The smallest absolute Gasteiger partial charge is 0.251 e. The minimum atomic E-state index is -0.756. The van der Waals surface area contributed by atoms with Gasteiger partial charge in [0.15, 0.2) is 0 Å². The molecular formula is C15H18N2O3S. The molecule has 5 nitrogen and oxygen atoms in total. The van der Waals surface area contributed by atoms with Gasteiger partial charge < -0.3 is 15.7 Å². The first-order chi connectivity index (χ1) is 10.1. The molecule has 1 aliphatic carbocycles. The first-order valence-corrected chi connectivity index (χ1v) is 8.12. The van der Waals surface area contributed by atoms with Crippen molar-refractivity contribution in [3.8, 4) is 0 Å². The molecule has 0 radical (unpaired) electrons. The van der Waals surface area contributed by atoms with Crippen molar-refractivity contribution in [3.63, 3.8) is 0 Å². The Labute approximate surface area is 127 Å². The normalized spacial score (nSPS) is 19.8. The van der Waals surface area contributed by atoms with Crippen molar-refractivity contribution < 1.29 is 14.7 Å². The predicted octanol–water partition coefficient (Wildman–Crippen LogP) is 1.77. The number of carbonyl (C=O) groups excluding carboxylic acids is 2. The van der Waals surface area contributed by atoms with Crippen LogP contribution in [0.1, 0.15) is 36.0 Å². The predicted molar refractivity (Wildman–Crippen MR) is 81.5 cm³/mol. The van der Waals surface area contributed by atoms with E-state index >= 15 is 0 Å². The van der Waals surface area contributed by atoms with Crippen LogP contribution in [0.3, 0.4) is 0 Å². The Bertz CT molecular complexity index is 582. The molecule has 1 aliphatic heterocycles. The summed E-state index contributed by atoms with van der Waals surface area (Å²) in [5.41, 5.74) is 0.426. The number of benzene rings is 1. The summed E-state index contributed by atoms with van der Waals surface area (Å²) < 4.78 is 0. The molecule has 112 valence electrons. The maximum Gasteiger partial charge on any atom is 0.251 e. The van der Waals surface area contributed by atoms with Crippen LogP contribution in [0.5, 0.6) is 0 Å². The van der Waals surface area contributed by atoms with E-state index < -0.39 is 5.60 Å². The van der Waals surface area contributed by atoms with Gasteiger partial charge in [0.2, 0.25) is 5.91 Å². The van der Waals surface area contributed by atoms with Gasteiger partial charge in [-0.05, 0) is 31.0 Å². The van der Waals surface area contributed by atoms with E-state index in [1.54, 1.807) is 12.1 Å². The molecule has 1 heterocycles. The molecule has 0 saturated heterocycles. The Morgan fingerprint density at radius 3 is 2.90 bits per heavy atom. The van der Waals surface area contributed by atoms with Gasteiger partial charge in [-0.1, -0.05) is 12.8 Å². The summed E-state index contributed by atoms with van der Waals surface area (Å²) >= 11 is 1.47. The van der Waals surface area contributed by atoms with E-state index in [-0.39, 0.29) is 18.4 Å². The zero-order chi connectivity index (χ0) is 14.9. The number of anilines is 1. The van der Waals surface area contributed by atoms with E-state index in [9.17, 15) is 14.7 Å². The molecule has 3 rings (SSSR count). The Morgan fingerprint density at radius 1 is 1.38 bits per heavy atom. The number of aliphatic hydroxyl groups is 1. The van der Waals surface area contributed by atoms with Gasteiger partial charge in [-0.15, -0.1) is 11.8 Å². The van der Waals surface area contributed by atoms with Crippen LogP contribution in [-0.4, -0.2) is 34.8 Å². The third kappa shape index (κ3) is 3.22. The van der Waals surface area contributed by atoms with Crippen molar-refractivity contribution >= 4 is 29.3 Å². The molecule has 1 fully saturated rings. The zero-order valence-electron chi connectivity index (χ0n) is 11.6. The van der Waals surface area contributed by atoms with Crippen molar-refractivity contribution in [2.24, 2.45) is 0 Å². The fraction of sp³-hybridized carbons (Fsp3) is 0.467. The summed E-state index contributed by atoms with van der Waals surface area (Å²) in [4.78, 5) is 24.5. The van der Waals surface area contributed by atoms with Crippen molar-refractivity contribution in [3.05, 3.63) is 23.8 Å². The zero-order valence-corrected chi connectivity index (χ0v) is 12.5. The lowest BCUT2D eigenvalue weighted by Gasteiger charge is -2.22. The third-order valence-electron chi connectivity index (χ3n) is 3.99. The average Bonchev–Trinajstić information content (AvgIpc) is 2.91. The minimum Gasteiger partial charge on any atom is -0.388 e. The van der Waals surface area contributed by atoms with E-state index in [0.717, 1.165) is 30.6 Å². The summed E-state index contributed by atoms with van der Waals surface area (Å²) in [7, 11) is 0. The highest BCUT2D eigenvalue weighted by molar-refractivity contribution is 8.00. The Kier molecular flexibility index (Phi) is 3.91. The highest BCUT2D eigenvalue weighted by Gasteiger charge is 2.31. The van der Waals surface area contributed by atoms with Crippen LogP contribution in [0, 0.1) is 0 Å². The van der Waals surface area contributed by atoms with Crippen molar-refractivity contribution in [2.75, 3.05) is 17.6 Å². The molecule has 21 heavy (non-hydrogen) atoms. The number of nitrogens with one attached hydrogen (secondary N) is 2. The monoisotopic (exact) mass is 306 g/mol. The number of amides is 2. The van der Waals surface area contributed by atoms with Crippen LogP contribution < -0.4 is 10.6 Å². The topological polar surface area (TPSA) is 78.4 Å². The molecule has 2 aliphatic rings. The summed E-state index contributed by atoms with van der Waals surface area (Å²) in [5, 5.41) is 15.8. The van der Waals surface area contributed by atoms with Crippen LogP contribution >= 0.6 is 11.8 Å². The van der Waals surface area contributed by atoms with Gasteiger partial charge in [0.25, 0.3) is 5.91 Å². The van der Waals surface area contributed by atoms with Gasteiger partial charge in [-0.3, -0.25) is 9.59 Å². The van der Waals surface area contributed by atoms with Crippen molar-refractivity contribution in [2.45, 2.75) is 36.2 Å². The van der Waals surface area contributed by atoms with Crippen molar-refractivity contribution in [1.29, 1.82) is 0 Å². The minimum absolute atomic E-state index is 0.0506. The highest BCUT2D eigenvalue weighted by atomic mass is 32.2. The fourth-order valence-corrected chi connectivity index (χ4v) is 3.57. The molecule has 0 aromatic heterocycles. The molecule has 3 N–H and O–H groups in total. The van der Waals surface area contributed by atoms with E-state index in [0.29, 0.717) is 17.0 Å². The number of hydrogen-bond donors (Lipinski definition) is 3. The number of carbonyl (C=O) groups is 2. The molecule has 0 bridgehead atoms. The number of rotatable bonds is 3. The molecule has 0 spiro atoms. The fourth-order valence-electron chi connectivity index (χ4n) is 2.78. The Morgan fingerprint density at radius 2 is 2.14 bits per heavy atom. The van der Waals surface area contributed by atoms with Crippen LogP contribution in [0.4, 0.5) is 5.69 Å². The standard InChI is InChI=1S/C15H18N2O3S/c18-13-8-21-12-4-3-10(7-11(12)17-13)14(19)16-9-15(20)5-1-2-6-15/h3-4,7,20H,1-2,5-6,8-9H2,(H,16,19)(H,17,18). The van der Waals surface area contributed by atoms with E-state index in [2.05, 4.69) is 10.6 Å². The number of fused-ring (bicyclic) bond motifs is 1. The van der Waals surface area contributed by atoms with Gasteiger partial charge in [0.05, 0.1) is 17.0 Å². The van der Waals surface area contributed by atoms with Gasteiger partial charge in [-0.25, -0.2) is 0 Å². The lowest BCUT2D eigenvalue weighted by Crippen LogP contribution is -2.40. The molecule has 2 amide bonds. The maximum atomic E-state index is 12.2. The third-order valence-corrected chi connectivity index (χ3v) is 5.06. The van der Waals surface area contributed by atoms with Crippen LogP contribution in [0.2, 0.25) is 0 Å². The van der Waals surface area contributed by atoms with Gasteiger partial charge in [-0.2, -0.15) is 0 Å². The molecule has 1 saturated carbocycles. The number of thioether (sulfide) groups is 1. The van der Waals surface area contributed by atoms with Crippen molar-refractivity contribution in [1.82, 2.24) is 5.32 Å². The summed E-state index contributed by atoms with van der Waals surface area (Å²) in [5.74, 6) is 0.138. The van der Waals surface area contributed by atoms with E-state index in [4.69, 9.17) is 0 Å². The Hall–Kier alpha value is -1.53. The van der Waals surface area contributed by atoms with Crippen LogP contribution in [0.25, 0.3) is 0 Å². The van der Waals surface area contributed by atoms with Crippen LogP contribution in [-0.2, 0) is 4.79 Å². The molecule has 0 unspecified atom stereocenters. The molecule has 1 aromatic rings. The second-order valence-corrected chi connectivity index (χ2v) is 6.68. The van der Waals surface area contributed by atoms with E-state index in [1.807, 2.05) is 6.07 Å². The van der Waals surface area contributed by atoms with Gasteiger partial charge in [0.1, 0.15) is 0 Å². The summed E-state index contributed by atoms with van der Waals surface area (Å²) in [6.07, 6.45) is 3.50. The van der Waals surface area contributed by atoms with E-state index in [1.165, 1.54) is 11.8 Å². The lowest BCUT2D eigenvalue weighted by molar-refractivity contribution is -0.113. The van der Waals surface area contributed by atoms with Crippen LogP contribution in [0.15, 0.2) is 23.1 Å². The Balaban J connectivity index is 1.67. The summed E-state index contributed by atoms with van der Waals surface area (Å²) in [6, 6.07) is 5.28. The van der Waals surface area contributed by atoms with Gasteiger partial charge in [0, 0.05) is 17.0 Å². The molecule has 1 aromatic carbocycles. The first kappa shape index (κ1) is 14.4. The highest BCUT2D eigenvalue weighted by Crippen LogP contribution is 2.32. The second kappa shape index (κ2) is 5.69. The average molecular weight is 306 g/mol. The maximum absolute atomic E-state index is 12.2. The molecular weight excluding hydrogens is 288 g/mol. The molecule has 6 heteroatoms. The number of hydrogen-bond acceptors (Lipinski definition) is 4. The first-order valence-electron chi connectivity index (χ1n) is 7.13. The lowest BCUT2D eigenvalue weighted by atomic mass is 10.0. The SMILES string of the molecule is O=C1CSc2ccc(C(=O)NCC3(O)CCCC3)cc2N1.